The fourth-order valence-electron chi connectivity index (χ4n) is 13.6. The molecule has 1 nitrogen and oxygen atoms in total. The van der Waals surface area contributed by atoms with Crippen LogP contribution in [0.2, 0.25) is 0 Å². The SMILES string of the molecule is CC1(C)c2ccccc2-c2ccc(N(C3=CCC(c4cccc(-c5cccc(-c6ccc7c(c6)C6(c8ccccc8-7)c7ccccc7C(C)(C)c7ccccc76)c5)c4)C=C3)c3ccc(-c4ccccc4)cc3)cc21. The highest BCUT2D eigenvalue weighted by molar-refractivity contribution is 5.91. The van der Waals surface area contributed by atoms with Crippen molar-refractivity contribution in [2.24, 2.45) is 0 Å². The number of nitrogens with zero attached hydrogens (tertiary/aromatic N) is 1. The highest BCUT2D eigenvalue weighted by Gasteiger charge is 2.53. The first-order valence-corrected chi connectivity index (χ1v) is 26.4. The maximum Gasteiger partial charge on any atom is 0.0719 e. The Labute approximate surface area is 436 Å². The van der Waals surface area contributed by atoms with E-state index in [2.05, 4.69) is 287 Å². The average Bonchev–Trinajstić information content (AvgIpc) is 3.91. The van der Waals surface area contributed by atoms with E-state index >= 15 is 0 Å². The van der Waals surface area contributed by atoms with E-state index in [0.29, 0.717) is 0 Å². The predicted molar refractivity (Wildman–Crippen MR) is 309 cm³/mol. The molecule has 0 amide bonds. The summed E-state index contributed by atoms with van der Waals surface area (Å²) in [6.07, 6.45) is 8.12. The van der Waals surface area contributed by atoms with Crippen LogP contribution in [-0.4, -0.2) is 0 Å². The summed E-state index contributed by atoms with van der Waals surface area (Å²) in [6, 6.07) is 89.0. The second-order valence-corrected chi connectivity index (χ2v) is 22.0. The fraction of sp³-hybridized carbons (Fsp3) is 0.123. The maximum absolute atomic E-state index is 2.51. The summed E-state index contributed by atoms with van der Waals surface area (Å²) < 4.78 is 0. The van der Waals surface area contributed by atoms with E-state index in [0.717, 1.165) is 12.1 Å². The fourth-order valence-corrected chi connectivity index (χ4v) is 13.6. The Morgan fingerprint density at radius 3 is 1.49 bits per heavy atom. The van der Waals surface area contributed by atoms with Gasteiger partial charge in [0.1, 0.15) is 0 Å². The Hall–Kier alpha value is -8.52. The largest absolute Gasteiger partial charge is 0.311 e. The van der Waals surface area contributed by atoms with Gasteiger partial charge < -0.3 is 4.90 Å². The third-order valence-electron chi connectivity index (χ3n) is 17.3. The van der Waals surface area contributed by atoms with Gasteiger partial charge in [-0.2, -0.15) is 0 Å². The molecule has 1 unspecified atom stereocenters. The summed E-state index contributed by atoms with van der Waals surface area (Å²) in [4.78, 5) is 2.45. The van der Waals surface area contributed by atoms with E-state index in [9.17, 15) is 0 Å². The van der Waals surface area contributed by atoms with Crippen molar-refractivity contribution < 1.29 is 0 Å². The van der Waals surface area contributed by atoms with Crippen molar-refractivity contribution in [1.82, 2.24) is 0 Å². The van der Waals surface area contributed by atoms with E-state index < -0.39 is 5.41 Å². The molecule has 354 valence electrons. The van der Waals surface area contributed by atoms with Crippen LogP contribution in [0.15, 0.2) is 261 Å². The molecule has 0 aromatic heterocycles. The van der Waals surface area contributed by atoms with Gasteiger partial charge in [0, 0.05) is 33.8 Å². The topological polar surface area (TPSA) is 3.24 Å². The monoisotopic (exact) mass is 947 g/mol. The van der Waals surface area contributed by atoms with Gasteiger partial charge in [-0.15, -0.1) is 0 Å². The number of fused-ring (bicyclic) bond motifs is 12. The normalized spacial score (nSPS) is 16.5. The third-order valence-corrected chi connectivity index (χ3v) is 17.3. The minimum atomic E-state index is -0.424. The van der Waals surface area contributed by atoms with Gasteiger partial charge in [0.2, 0.25) is 0 Å². The molecule has 1 heteroatoms. The lowest BCUT2D eigenvalue weighted by Crippen LogP contribution is -2.40. The highest BCUT2D eigenvalue weighted by atomic mass is 15.1. The molecular weight excluding hydrogens is 891 g/mol. The smallest absolute Gasteiger partial charge is 0.0719 e. The molecule has 1 spiro atoms. The van der Waals surface area contributed by atoms with Crippen molar-refractivity contribution >= 4 is 11.4 Å². The van der Waals surface area contributed by atoms with E-state index in [-0.39, 0.29) is 16.7 Å². The molecule has 0 aliphatic heterocycles. The zero-order valence-corrected chi connectivity index (χ0v) is 42.5. The van der Waals surface area contributed by atoms with Gasteiger partial charge in [-0.05, 0) is 155 Å². The van der Waals surface area contributed by atoms with E-state index in [1.165, 1.54) is 117 Å². The van der Waals surface area contributed by atoms with E-state index in [1.807, 2.05) is 0 Å². The summed E-state index contributed by atoms with van der Waals surface area (Å²) in [5.41, 5.74) is 27.9. The van der Waals surface area contributed by atoms with Gasteiger partial charge in [0.15, 0.2) is 0 Å². The second-order valence-electron chi connectivity index (χ2n) is 22.0. The molecule has 0 N–H and O–H groups in total. The second kappa shape index (κ2) is 16.8. The van der Waals surface area contributed by atoms with Crippen LogP contribution in [0.5, 0.6) is 0 Å². The van der Waals surface area contributed by atoms with Crippen LogP contribution in [0, 0.1) is 0 Å². The molecule has 74 heavy (non-hydrogen) atoms. The minimum Gasteiger partial charge on any atom is -0.311 e. The van der Waals surface area contributed by atoms with Crippen molar-refractivity contribution in [3.8, 4) is 55.6 Å². The molecule has 0 saturated carbocycles. The molecule has 0 heterocycles. The molecule has 1 atom stereocenters. The van der Waals surface area contributed by atoms with Crippen molar-refractivity contribution in [3.63, 3.8) is 0 Å². The summed E-state index contributed by atoms with van der Waals surface area (Å²) in [7, 11) is 0. The van der Waals surface area contributed by atoms with Crippen molar-refractivity contribution in [2.45, 2.75) is 56.3 Å². The lowest BCUT2D eigenvalue weighted by atomic mass is 9.55. The molecule has 10 aromatic rings. The summed E-state index contributed by atoms with van der Waals surface area (Å²) in [6.45, 7) is 9.52. The zero-order chi connectivity index (χ0) is 49.8. The Balaban J connectivity index is 0.795. The van der Waals surface area contributed by atoms with Crippen molar-refractivity contribution in [3.05, 3.63) is 311 Å². The van der Waals surface area contributed by atoms with Crippen LogP contribution in [0.1, 0.15) is 90.1 Å². The van der Waals surface area contributed by atoms with Crippen LogP contribution in [0.25, 0.3) is 55.6 Å². The molecule has 4 aliphatic carbocycles. The average molecular weight is 948 g/mol. The quantitative estimate of drug-likeness (QED) is 0.154. The number of hydrogen-bond acceptors (Lipinski definition) is 1. The first kappa shape index (κ1) is 44.2. The molecular formula is C73H57N. The molecule has 14 rings (SSSR count). The van der Waals surface area contributed by atoms with Crippen LogP contribution in [-0.2, 0) is 16.2 Å². The molecule has 4 aliphatic rings. The maximum atomic E-state index is 2.51. The Bertz CT molecular complexity index is 3890. The van der Waals surface area contributed by atoms with Gasteiger partial charge >= 0.3 is 0 Å². The van der Waals surface area contributed by atoms with Crippen molar-refractivity contribution in [1.29, 1.82) is 0 Å². The van der Waals surface area contributed by atoms with Gasteiger partial charge in [0.05, 0.1) is 5.41 Å². The first-order valence-electron chi connectivity index (χ1n) is 26.4. The summed E-state index contributed by atoms with van der Waals surface area (Å²) in [5, 5.41) is 0. The van der Waals surface area contributed by atoms with E-state index in [4.69, 9.17) is 0 Å². The van der Waals surface area contributed by atoms with E-state index in [1.54, 1.807) is 0 Å². The Morgan fingerprint density at radius 1 is 0.338 bits per heavy atom. The lowest BCUT2D eigenvalue weighted by molar-refractivity contribution is 0.563. The van der Waals surface area contributed by atoms with Crippen LogP contribution < -0.4 is 4.90 Å². The zero-order valence-electron chi connectivity index (χ0n) is 42.5. The van der Waals surface area contributed by atoms with Crippen LogP contribution in [0.3, 0.4) is 0 Å². The molecule has 0 saturated heterocycles. The lowest BCUT2D eigenvalue weighted by Gasteiger charge is -2.46. The van der Waals surface area contributed by atoms with Crippen molar-refractivity contribution in [2.75, 3.05) is 4.90 Å². The molecule has 0 fully saturated rings. The summed E-state index contributed by atoms with van der Waals surface area (Å²) in [5.74, 6) is 0.249. The standard InChI is InChI=1S/C73H57N/c1-71(2)63-26-10-8-24-59(63)61-43-41-58(47-69(61)71)74(56-37-32-49(33-38-56)48-18-6-5-7-19-48)57-39-34-50(35-40-57)51-20-16-21-52(44-51)53-22-17-23-54(45-53)55-36-42-62-60-25-9-11-27-64(60)73(70(62)46-55)67-30-14-12-28-65(67)72(3,4)66-29-13-15-31-68(66)73/h5-34,36-47,50H,35H2,1-4H3. The molecule has 0 bridgehead atoms. The summed E-state index contributed by atoms with van der Waals surface area (Å²) >= 11 is 0. The van der Waals surface area contributed by atoms with Crippen LogP contribution in [0.4, 0.5) is 11.4 Å². The van der Waals surface area contributed by atoms with Gasteiger partial charge in [0.25, 0.3) is 0 Å². The van der Waals surface area contributed by atoms with Gasteiger partial charge in [-0.25, -0.2) is 0 Å². The van der Waals surface area contributed by atoms with Gasteiger partial charge in [-0.3, -0.25) is 0 Å². The number of rotatable bonds is 7. The Kier molecular flexibility index (Phi) is 10.0. The Morgan fingerprint density at radius 2 is 0.811 bits per heavy atom. The predicted octanol–water partition coefficient (Wildman–Crippen LogP) is 18.8. The number of anilines is 2. The molecule has 0 radical (unpaired) electrons. The highest BCUT2D eigenvalue weighted by Crippen LogP contribution is 2.62. The number of hydrogen-bond donors (Lipinski definition) is 0. The number of benzene rings is 10. The van der Waals surface area contributed by atoms with Gasteiger partial charge in [-0.1, -0.05) is 240 Å². The minimum absolute atomic E-state index is 0.0970. The van der Waals surface area contributed by atoms with Crippen LogP contribution >= 0.6 is 0 Å². The molecule has 10 aromatic carbocycles. The first-order chi connectivity index (χ1) is 36.2. The number of allylic oxidation sites excluding steroid dienone is 3. The third kappa shape index (κ3) is 6.62.